The van der Waals surface area contributed by atoms with Crippen molar-refractivity contribution >= 4 is 6.01 Å². The van der Waals surface area contributed by atoms with E-state index in [-0.39, 0.29) is 12.7 Å². The molecular weight excluding hydrogens is 346 g/mol. The Balaban J connectivity index is 1.31. The van der Waals surface area contributed by atoms with E-state index >= 15 is 0 Å². The summed E-state index contributed by atoms with van der Waals surface area (Å²) in [5, 5.41) is 14.8. The number of nitrogens with zero attached hydrogens (tertiary/aromatic N) is 3. The van der Waals surface area contributed by atoms with Crippen molar-refractivity contribution in [1.82, 2.24) is 10.1 Å². The molecule has 0 unspecified atom stereocenters. The monoisotopic (exact) mass is 365 g/mol. The van der Waals surface area contributed by atoms with E-state index in [0.717, 1.165) is 35.6 Å². The molecule has 0 radical (unpaired) electrons. The smallest absolute Gasteiger partial charge is 0.324 e. The van der Waals surface area contributed by atoms with Gasteiger partial charge >= 0.3 is 6.01 Å². The highest BCUT2D eigenvalue weighted by Crippen LogP contribution is 2.38. The Hall–Kier alpha value is -3.06. The number of β-amino-alcohol motifs (C(OH)–C–C–N with tert-alkyl or cyclic N) is 1. The molecule has 1 N–H and O–H groups in total. The van der Waals surface area contributed by atoms with Crippen molar-refractivity contribution < 1.29 is 19.1 Å². The molecule has 138 valence electrons. The normalized spacial score (nSPS) is 21.4. The third kappa shape index (κ3) is 3.00. The molecule has 0 amide bonds. The molecule has 27 heavy (non-hydrogen) atoms. The van der Waals surface area contributed by atoms with Crippen LogP contribution in [0.2, 0.25) is 0 Å². The van der Waals surface area contributed by atoms with Crippen LogP contribution in [0.3, 0.4) is 0 Å². The van der Waals surface area contributed by atoms with E-state index in [4.69, 9.17) is 14.0 Å². The highest BCUT2D eigenvalue weighted by Gasteiger charge is 2.32. The Labute approximate surface area is 156 Å². The fourth-order valence-electron chi connectivity index (χ4n) is 3.69. The number of rotatable bonds is 3. The predicted molar refractivity (Wildman–Crippen MR) is 97.9 cm³/mol. The van der Waals surface area contributed by atoms with Crippen LogP contribution < -0.4 is 14.4 Å². The number of hydrogen-bond donors (Lipinski definition) is 1. The predicted octanol–water partition coefficient (Wildman–Crippen LogP) is 2.82. The van der Waals surface area contributed by atoms with Crippen LogP contribution in [0, 0.1) is 0 Å². The zero-order valence-electron chi connectivity index (χ0n) is 14.6. The summed E-state index contributed by atoms with van der Waals surface area (Å²) in [5.41, 5.74) is 1.96. The Morgan fingerprint density at radius 1 is 1.04 bits per heavy atom. The van der Waals surface area contributed by atoms with Crippen molar-refractivity contribution in [2.75, 3.05) is 24.8 Å². The molecular formula is C20H19N3O4. The lowest BCUT2D eigenvalue weighted by Gasteiger charge is -2.35. The van der Waals surface area contributed by atoms with Crippen LogP contribution in [-0.2, 0) is 0 Å². The summed E-state index contributed by atoms with van der Waals surface area (Å²) in [6.45, 7) is 1.42. The Morgan fingerprint density at radius 3 is 2.74 bits per heavy atom. The standard InChI is InChI=1S/C20H19N3O4/c24-16-11-23(20-21-19(22-27-20)13-4-2-1-3-5-13)9-8-15(16)14-6-7-17-18(10-14)26-12-25-17/h1-7,10,15-16,24H,8-9,11-12H2/t15-,16+/m0/s1. The first-order valence-corrected chi connectivity index (χ1v) is 8.99. The molecule has 5 rings (SSSR count). The minimum atomic E-state index is -0.536. The second-order valence-corrected chi connectivity index (χ2v) is 6.79. The summed E-state index contributed by atoms with van der Waals surface area (Å²) in [6.07, 6.45) is 0.246. The maximum Gasteiger partial charge on any atom is 0.324 e. The van der Waals surface area contributed by atoms with Crippen molar-refractivity contribution in [3.63, 3.8) is 0 Å². The van der Waals surface area contributed by atoms with Crippen molar-refractivity contribution in [1.29, 1.82) is 0 Å². The van der Waals surface area contributed by atoms with Gasteiger partial charge in [-0.25, -0.2) is 0 Å². The van der Waals surface area contributed by atoms with Gasteiger partial charge in [0.25, 0.3) is 0 Å². The summed E-state index contributed by atoms with van der Waals surface area (Å²) in [6, 6.07) is 16.0. The van der Waals surface area contributed by atoms with Crippen LogP contribution in [0.1, 0.15) is 17.9 Å². The van der Waals surface area contributed by atoms with Crippen LogP contribution >= 0.6 is 0 Å². The Kier molecular flexibility index (Phi) is 3.94. The molecule has 2 aliphatic rings. The van der Waals surface area contributed by atoms with E-state index in [9.17, 15) is 5.11 Å². The van der Waals surface area contributed by atoms with Crippen LogP contribution in [0.25, 0.3) is 11.4 Å². The molecule has 1 fully saturated rings. The van der Waals surface area contributed by atoms with E-state index in [1.807, 2.05) is 53.4 Å². The van der Waals surface area contributed by atoms with Crippen LogP contribution in [-0.4, -0.2) is 41.2 Å². The molecule has 7 nitrogen and oxygen atoms in total. The molecule has 3 aromatic rings. The van der Waals surface area contributed by atoms with Crippen LogP contribution in [0.5, 0.6) is 11.5 Å². The molecule has 0 saturated carbocycles. The van der Waals surface area contributed by atoms with E-state index < -0.39 is 6.10 Å². The second-order valence-electron chi connectivity index (χ2n) is 6.79. The van der Waals surface area contributed by atoms with E-state index in [0.29, 0.717) is 18.4 Å². The van der Waals surface area contributed by atoms with Crippen molar-refractivity contribution in [2.24, 2.45) is 0 Å². The van der Waals surface area contributed by atoms with E-state index in [1.54, 1.807) is 0 Å². The van der Waals surface area contributed by atoms with Crippen molar-refractivity contribution in [3.05, 3.63) is 54.1 Å². The quantitative estimate of drug-likeness (QED) is 0.764. The lowest BCUT2D eigenvalue weighted by molar-refractivity contribution is 0.127. The SMILES string of the molecule is O[C@@H]1CN(c2nc(-c3ccccc3)no2)CC[C@H]1c1ccc2c(c1)OCO2. The number of fused-ring (bicyclic) bond motifs is 1. The lowest BCUT2D eigenvalue weighted by atomic mass is 9.87. The number of aromatic nitrogens is 2. The molecule has 2 aromatic carbocycles. The van der Waals surface area contributed by atoms with E-state index in [2.05, 4.69) is 10.1 Å². The number of hydrogen-bond acceptors (Lipinski definition) is 7. The number of piperidine rings is 1. The van der Waals surface area contributed by atoms with Gasteiger partial charge in [-0.1, -0.05) is 41.6 Å². The minimum absolute atomic E-state index is 0.0345. The topological polar surface area (TPSA) is 80.9 Å². The number of anilines is 1. The third-order valence-corrected chi connectivity index (χ3v) is 5.12. The molecule has 7 heteroatoms. The number of ether oxygens (including phenoxy) is 2. The number of benzene rings is 2. The fraction of sp³-hybridized carbons (Fsp3) is 0.300. The van der Waals surface area contributed by atoms with Gasteiger partial charge in [-0.15, -0.1) is 0 Å². The third-order valence-electron chi connectivity index (χ3n) is 5.12. The minimum Gasteiger partial charge on any atom is -0.454 e. The molecule has 0 aliphatic carbocycles. The zero-order chi connectivity index (χ0) is 18.2. The van der Waals surface area contributed by atoms with Gasteiger partial charge in [0.05, 0.1) is 6.10 Å². The first-order valence-electron chi connectivity index (χ1n) is 8.99. The highest BCUT2D eigenvalue weighted by molar-refractivity contribution is 5.55. The Bertz CT molecular complexity index is 943. The first-order chi connectivity index (χ1) is 13.3. The Morgan fingerprint density at radius 2 is 1.89 bits per heavy atom. The lowest BCUT2D eigenvalue weighted by Crippen LogP contribution is -2.43. The maximum atomic E-state index is 10.7. The fourth-order valence-corrected chi connectivity index (χ4v) is 3.69. The van der Waals surface area contributed by atoms with Gasteiger partial charge in [-0.2, -0.15) is 4.98 Å². The largest absolute Gasteiger partial charge is 0.454 e. The summed E-state index contributed by atoms with van der Waals surface area (Å²) >= 11 is 0. The number of aliphatic hydroxyl groups excluding tert-OH is 1. The highest BCUT2D eigenvalue weighted by atomic mass is 16.7. The summed E-state index contributed by atoms with van der Waals surface area (Å²) in [5.74, 6) is 2.08. The molecule has 1 saturated heterocycles. The zero-order valence-corrected chi connectivity index (χ0v) is 14.6. The van der Waals surface area contributed by atoms with Gasteiger partial charge in [0.2, 0.25) is 12.6 Å². The summed E-state index contributed by atoms with van der Waals surface area (Å²) in [7, 11) is 0. The number of aliphatic hydroxyl groups is 1. The van der Waals surface area contributed by atoms with Crippen molar-refractivity contribution in [2.45, 2.75) is 18.4 Å². The van der Waals surface area contributed by atoms with Crippen molar-refractivity contribution in [3.8, 4) is 22.9 Å². The molecule has 2 atom stereocenters. The maximum absolute atomic E-state index is 10.7. The van der Waals surface area contributed by atoms with Gasteiger partial charge in [0.1, 0.15) is 0 Å². The molecule has 0 bridgehead atoms. The summed E-state index contributed by atoms with van der Waals surface area (Å²) in [4.78, 5) is 6.42. The summed E-state index contributed by atoms with van der Waals surface area (Å²) < 4.78 is 16.2. The average Bonchev–Trinajstić information content (AvgIpc) is 3.38. The van der Waals surface area contributed by atoms with Gasteiger partial charge in [-0.05, 0) is 24.1 Å². The van der Waals surface area contributed by atoms with Gasteiger partial charge < -0.3 is 24.0 Å². The molecule has 1 aromatic heterocycles. The van der Waals surface area contributed by atoms with Gasteiger partial charge in [0, 0.05) is 24.6 Å². The molecule has 2 aliphatic heterocycles. The van der Waals surface area contributed by atoms with Gasteiger partial charge in [0.15, 0.2) is 11.5 Å². The first kappa shape index (κ1) is 16.1. The second kappa shape index (κ2) is 6.59. The van der Waals surface area contributed by atoms with Crippen LogP contribution in [0.15, 0.2) is 53.1 Å². The van der Waals surface area contributed by atoms with E-state index in [1.165, 1.54) is 0 Å². The average molecular weight is 365 g/mol. The molecule has 0 spiro atoms. The van der Waals surface area contributed by atoms with Gasteiger partial charge in [-0.3, -0.25) is 0 Å². The van der Waals surface area contributed by atoms with Crippen LogP contribution in [0.4, 0.5) is 6.01 Å². The molecule has 3 heterocycles.